The van der Waals surface area contributed by atoms with Crippen molar-refractivity contribution in [1.29, 1.82) is 0 Å². The number of Topliss-reactive ketones (excluding diaryl/α,β-unsaturated/α-hetero) is 2. The van der Waals surface area contributed by atoms with Crippen LogP contribution in [-0.4, -0.2) is 16.7 Å². The Balaban J connectivity index is 2.55. The van der Waals surface area contributed by atoms with E-state index in [-0.39, 0.29) is 23.3 Å². The van der Waals surface area contributed by atoms with Crippen molar-refractivity contribution in [1.82, 2.24) is 0 Å². The predicted octanol–water partition coefficient (Wildman–Crippen LogP) is 3.25. The largest absolute Gasteiger partial charge is 0.507 e. The molecule has 92 valence electrons. The van der Waals surface area contributed by atoms with Crippen LogP contribution in [0.4, 0.5) is 0 Å². The molecule has 18 heavy (non-hydrogen) atoms. The fourth-order valence-corrected chi connectivity index (χ4v) is 1.93. The summed E-state index contributed by atoms with van der Waals surface area (Å²) in [5, 5.41) is 10.6. The Morgan fingerprint density at radius 1 is 1.22 bits per heavy atom. The molecule has 0 unspecified atom stereocenters. The molecule has 1 N–H and O–H groups in total. The van der Waals surface area contributed by atoms with Crippen LogP contribution < -0.4 is 0 Å². The van der Waals surface area contributed by atoms with Gasteiger partial charge in [0.15, 0.2) is 0 Å². The number of carbonyl (C=O) groups excluding carboxylic acids is 2. The first-order valence-electron chi connectivity index (χ1n) is 5.45. The van der Waals surface area contributed by atoms with Gasteiger partial charge in [0.05, 0.1) is 0 Å². The van der Waals surface area contributed by atoms with Crippen LogP contribution in [0.5, 0.6) is 0 Å². The fraction of sp³-hybridized carbons (Fsp3) is 0.143. The topological polar surface area (TPSA) is 54.4 Å². The van der Waals surface area contributed by atoms with Gasteiger partial charge >= 0.3 is 0 Å². The predicted molar refractivity (Wildman–Crippen MR) is 69.6 cm³/mol. The van der Waals surface area contributed by atoms with Crippen LogP contribution in [0.25, 0.3) is 5.76 Å². The number of ketones is 2. The van der Waals surface area contributed by atoms with E-state index in [1.165, 1.54) is 6.07 Å². The zero-order valence-corrected chi connectivity index (χ0v) is 10.5. The molecule has 3 nitrogen and oxygen atoms in total. The molecule has 0 spiro atoms. The van der Waals surface area contributed by atoms with Gasteiger partial charge in [-0.15, -0.1) is 0 Å². The van der Waals surface area contributed by atoms with E-state index >= 15 is 0 Å². The van der Waals surface area contributed by atoms with Crippen LogP contribution in [0, 0.1) is 0 Å². The first kappa shape index (κ1) is 12.6. The van der Waals surface area contributed by atoms with Gasteiger partial charge in [0.2, 0.25) is 11.6 Å². The monoisotopic (exact) mass is 262 g/mol. The summed E-state index contributed by atoms with van der Waals surface area (Å²) in [6.07, 6.45) is 1.74. The van der Waals surface area contributed by atoms with Crippen LogP contribution >= 0.6 is 11.6 Å². The number of halogens is 1. The second-order valence-corrected chi connectivity index (χ2v) is 4.62. The minimum absolute atomic E-state index is 0.0960. The minimum atomic E-state index is -0.666. The summed E-state index contributed by atoms with van der Waals surface area (Å²) in [5.41, 5.74) is 0.742. The molecule has 0 saturated heterocycles. The number of hydrogen-bond donors (Lipinski definition) is 1. The molecule has 1 aliphatic carbocycles. The SMILES string of the molecule is C/C(Cl)=C/CC1=C(O)c2ccccc2C(=O)C1=O. The van der Waals surface area contributed by atoms with Crippen molar-refractivity contribution in [3.05, 3.63) is 52.1 Å². The molecule has 1 aliphatic rings. The Bertz CT molecular complexity index is 593. The number of aliphatic hydroxyl groups excluding tert-OH is 1. The van der Waals surface area contributed by atoms with Crippen molar-refractivity contribution in [2.45, 2.75) is 13.3 Å². The van der Waals surface area contributed by atoms with Crippen molar-refractivity contribution in [3.63, 3.8) is 0 Å². The van der Waals surface area contributed by atoms with Gasteiger partial charge < -0.3 is 5.11 Å². The Kier molecular flexibility index (Phi) is 3.34. The molecule has 0 radical (unpaired) electrons. The van der Waals surface area contributed by atoms with E-state index in [2.05, 4.69) is 0 Å². The van der Waals surface area contributed by atoms with Crippen LogP contribution in [0.3, 0.4) is 0 Å². The first-order valence-corrected chi connectivity index (χ1v) is 5.83. The fourth-order valence-electron chi connectivity index (χ4n) is 1.85. The molecular weight excluding hydrogens is 252 g/mol. The first-order chi connectivity index (χ1) is 8.52. The summed E-state index contributed by atoms with van der Waals surface area (Å²) in [4.78, 5) is 23.7. The highest BCUT2D eigenvalue weighted by molar-refractivity contribution is 6.52. The maximum absolute atomic E-state index is 11.9. The molecule has 0 aromatic heterocycles. The average Bonchev–Trinajstić information content (AvgIpc) is 2.36. The molecule has 0 atom stereocenters. The lowest BCUT2D eigenvalue weighted by atomic mass is 9.87. The number of rotatable bonds is 2. The van der Waals surface area contributed by atoms with Gasteiger partial charge in [-0.05, 0) is 13.3 Å². The molecule has 4 heteroatoms. The van der Waals surface area contributed by atoms with Gasteiger partial charge in [-0.1, -0.05) is 41.9 Å². The number of benzene rings is 1. The Labute approximate surface area is 109 Å². The molecule has 0 heterocycles. The van der Waals surface area contributed by atoms with Crippen molar-refractivity contribution in [3.8, 4) is 0 Å². The summed E-state index contributed by atoms with van der Waals surface area (Å²) >= 11 is 5.69. The summed E-state index contributed by atoms with van der Waals surface area (Å²) < 4.78 is 0. The van der Waals surface area contributed by atoms with Gasteiger partial charge in [0, 0.05) is 21.7 Å². The highest BCUT2D eigenvalue weighted by Gasteiger charge is 2.31. The summed E-state index contributed by atoms with van der Waals surface area (Å²) in [7, 11) is 0. The van der Waals surface area contributed by atoms with Crippen molar-refractivity contribution in [2.24, 2.45) is 0 Å². The maximum atomic E-state index is 11.9. The molecule has 0 amide bonds. The molecule has 2 rings (SSSR count). The third-order valence-corrected chi connectivity index (χ3v) is 2.93. The minimum Gasteiger partial charge on any atom is -0.507 e. The Morgan fingerprint density at radius 2 is 1.83 bits per heavy atom. The van der Waals surface area contributed by atoms with Gasteiger partial charge in [-0.3, -0.25) is 9.59 Å². The van der Waals surface area contributed by atoms with Gasteiger partial charge in [0.1, 0.15) is 5.76 Å². The Hall–Kier alpha value is -1.87. The smallest absolute Gasteiger partial charge is 0.234 e. The molecule has 0 saturated carbocycles. The number of aliphatic hydroxyl groups is 1. The molecule has 0 bridgehead atoms. The highest BCUT2D eigenvalue weighted by Crippen LogP contribution is 2.29. The Morgan fingerprint density at radius 3 is 2.44 bits per heavy atom. The van der Waals surface area contributed by atoms with Gasteiger partial charge in [-0.2, -0.15) is 0 Å². The normalized spacial score (nSPS) is 16.0. The number of allylic oxidation sites excluding steroid dienone is 3. The van der Waals surface area contributed by atoms with Crippen LogP contribution in [0.15, 0.2) is 40.9 Å². The zero-order chi connectivity index (χ0) is 13.3. The quantitative estimate of drug-likeness (QED) is 0.833. The summed E-state index contributed by atoms with van der Waals surface area (Å²) in [6.45, 7) is 1.67. The number of hydrogen-bond acceptors (Lipinski definition) is 3. The van der Waals surface area contributed by atoms with E-state index in [4.69, 9.17) is 11.6 Å². The zero-order valence-electron chi connectivity index (χ0n) is 9.74. The molecule has 0 aliphatic heterocycles. The standard InChI is InChI=1S/C14H11ClO3/c1-8(15)6-7-11-12(16)9-4-2-3-5-10(9)13(17)14(11)18/h2-6,16H,7H2,1H3/b8-6-. The third-order valence-electron chi connectivity index (χ3n) is 2.78. The molecular formula is C14H11ClO3. The van der Waals surface area contributed by atoms with E-state index in [0.717, 1.165) is 0 Å². The van der Waals surface area contributed by atoms with Crippen LogP contribution in [0.2, 0.25) is 0 Å². The number of fused-ring (bicyclic) bond motifs is 1. The van der Waals surface area contributed by atoms with E-state index in [1.54, 1.807) is 31.2 Å². The molecule has 0 fully saturated rings. The van der Waals surface area contributed by atoms with Crippen molar-refractivity contribution >= 4 is 28.9 Å². The van der Waals surface area contributed by atoms with E-state index < -0.39 is 11.6 Å². The maximum Gasteiger partial charge on any atom is 0.234 e. The van der Waals surface area contributed by atoms with Gasteiger partial charge in [-0.25, -0.2) is 0 Å². The summed E-state index contributed by atoms with van der Waals surface area (Å²) in [5.74, 6) is -1.39. The lowest BCUT2D eigenvalue weighted by Gasteiger charge is -2.16. The van der Waals surface area contributed by atoms with Crippen molar-refractivity contribution < 1.29 is 14.7 Å². The van der Waals surface area contributed by atoms with Crippen LogP contribution in [0.1, 0.15) is 29.3 Å². The highest BCUT2D eigenvalue weighted by atomic mass is 35.5. The third kappa shape index (κ3) is 2.09. The molecule has 1 aromatic carbocycles. The lowest BCUT2D eigenvalue weighted by molar-refractivity contribution is -0.112. The van der Waals surface area contributed by atoms with Gasteiger partial charge in [0.25, 0.3) is 0 Å². The van der Waals surface area contributed by atoms with E-state index in [1.807, 2.05) is 0 Å². The average molecular weight is 263 g/mol. The number of carbonyl (C=O) groups is 2. The second-order valence-electron chi connectivity index (χ2n) is 4.03. The van der Waals surface area contributed by atoms with E-state index in [0.29, 0.717) is 10.6 Å². The van der Waals surface area contributed by atoms with Crippen molar-refractivity contribution in [2.75, 3.05) is 0 Å². The summed E-state index contributed by atoms with van der Waals surface area (Å²) in [6, 6.07) is 6.51. The molecule has 1 aromatic rings. The van der Waals surface area contributed by atoms with E-state index in [9.17, 15) is 14.7 Å². The second kappa shape index (κ2) is 4.78. The van der Waals surface area contributed by atoms with Crippen LogP contribution in [-0.2, 0) is 4.79 Å². The lowest BCUT2D eigenvalue weighted by Crippen LogP contribution is -2.23.